The fourth-order valence-corrected chi connectivity index (χ4v) is 2.42. The number of rotatable bonds is 8. The molecule has 0 N–H and O–H groups in total. The van der Waals surface area contributed by atoms with E-state index in [4.69, 9.17) is 21.1 Å². The van der Waals surface area contributed by atoms with E-state index in [1.807, 2.05) is 36.4 Å². The van der Waals surface area contributed by atoms with Gasteiger partial charge in [-0.05, 0) is 42.3 Å². The Kier molecular flexibility index (Phi) is 6.94. The summed E-state index contributed by atoms with van der Waals surface area (Å²) in [6.07, 6.45) is 1.10. The van der Waals surface area contributed by atoms with Crippen LogP contribution in [0.15, 0.2) is 48.5 Å². The molecule has 0 saturated carbocycles. The number of para-hydroxylation sites is 1. The first kappa shape index (κ1) is 18.1. The zero-order chi connectivity index (χ0) is 17.4. The summed E-state index contributed by atoms with van der Waals surface area (Å²) in [6, 6.07) is 14.9. The van der Waals surface area contributed by atoms with Crippen molar-refractivity contribution in [3.8, 4) is 11.5 Å². The van der Waals surface area contributed by atoms with Gasteiger partial charge in [0.05, 0.1) is 13.7 Å². The van der Waals surface area contributed by atoms with E-state index in [1.54, 1.807) is 31.2 Å². The van der Waals surface area contributed by atoms with E-state index in [2.05, 4.69) is 0 Å². The summed E-state index contributed by atoms with van der Waals surface area (Å²) in [6.45, 7) is 0.978. The van der Waals surface area contributed by atoms with Gasteiger partial charge in [0.25, 0.3) is 0 Å². The fraction of sp³-hybridized carbons (Fsp3) is 0.316. The maximum Gasteiger partial charge on any atom is 0.222 e. The Morgan fingerprint density at radius 1 is 1.12 bits per heavy atom. The predicted molar refractivity (Wildman–Crippen MR) is 95.9 cm³/mol. The monoisotopic (exact) mass is 347 g/mol. The third kappa shape index (κ3) is 5.46. The van der Waals surface area contributed by atoms with Crippen molar-refractivity contribution in [1.82, 2.24) is 4.90 Å². The lowest BCUT2D eigenvalue weighted by Crippen LogP contribution is -2.31. The number of hydrogen-bond acceptors (Lipinski definition) is 3. The van der Waals surface area contributed by atoms with Crippen LogP contribution in [-0.4, -0.2) is 38.1 Å². The Balaban J connectivity index is 1.74. The summed E-state index contributed by atoms with van der Waals surface area (Å²) in [4.78, 5) is 13.9. The molecule has 2 rings (SSSR count). The molecule has 24 heavy (non-hydrogen) atoms. The van der Waals surface area contributed by atoms with Crippen molar-refractivity contribution in [2.24, 2.45) is 0 Å². The third-order valence-corrected chi connectivity index (χ3v) is 3.99. The van der Waals surface area contributed by atoms with E-state index in [0.29, 0.717) is 31.0 Å². The molecular weight excluding hydrogens is 326 g/mol. The third-order valence-electron chi connectivity index (χ3n) is 3.74. The lowest BCUT2D eigenvalue weighted by Gasteiger charge is -2.18. The van der Waals surface area contributed by atoms with Gasteiger partial charge in [-0.2, -0.15) is 0 Å². The molecule has 0 heterocycles. The second kappa shape index (κ2) is 9.18. The first-order valence-electron chi connectivity index (χ1n) is 7.84. The Labute approximate surface area is 147 Å². The molecular formula is C19H22ClNO3. The van der Waals surface area contributed by atoms with Gasteiger partial charge in [0.2, 0.25) is 5.91 Å². The van der Waals surface area contributed by atoms with Crippen molar-refractivity contribution in [3.05, 3.63) is 59.1 Å². The number of carbonyl (C=O) groups excluding carboxylic acids is 1. The van der Waals surface area contributed by atoms with E-state index < -0.39 is 0 Å². The highest BCUT2D eigenvalue weighted by molar-refractivity contribution is 6.30. The lowest BCUT2D eigenvalue weighted by molar-refractivity contribution is -0.130. The van der Waals surface area contributed by atoms with Gasteiger partial charge in [-0.1, -0.05) is 29.8 Å². The number of benzene rings is 2. The summed E-state index contributed by atoms with van der Waals surface area (Å²) >= 11 is 5.83. The van der Waals surface area contributed by atoms with E-state index in [1.165, 1.54) is 0 Å². The van der Waals surface area contributed by atoms with Crippen LogP contribution in [0.5, 0.6) is 11.5 Å². The van der Waals surface area contributed by atoms with Gasteiger partial charge in [0.1, 0.15) is 18.1 Å². The van der Waals surface area contributed by atoms with E-state index >= 15 is 0 Å². The Morgan fingerprint density at radius 2 is 1.83 bits per heavy atom. The Morgan fingerprint density at radius 3 is 2.54 bits per heavy atom. The largest absolute Gasteiger partial charge is 0.496 e. The second-order valence-electron chi connectivity index (χ2n) is 5.43. The summed E-state index contributed by atoms with van der Waals surface area (Å²) < 4.78 is 10.9. The summed E-state index contributed by atoms with van der Waals surface area (Å²) in [5.74, 6) is 1.65. The predicted octanol–water partition coefficient (Wildman–Crippen LogP) is 3.82. The average Bonchev–Trinajstić information content (AvgIpc) is 2.61. The summed E-state index contributed by atoms with van der Waals surface area (Å²) in [5, 5.41) is 0.672. The molecule has 0 spiro atoms. The van der Waals surface area contributed by atoms with Crippen LogP contribution in [-0.2, 0) is 11.2 Å². The molecule has 2 aromatic rings. The Hall–Kier alpha value is -2.20. The van der Waals surface area contributed by atoms with Crippen molar-refractivity contribution in [2.75, 3.05) is 27.3 Å². The molecule has 0 aliphatic heterocycles. The summed E-state index contributed by atoms with van der Waals surface area (Å²) in [5.41, 5.74) is 1.04. The second-order valence-corrected chi connectivity index (χ2v) is 5.87. The maximum atomic E-state index is 12.2. The zero-order valence-corrected chi connectivity index (χ0v) is 14.8. The van der Waals surface area contributed by atoms with Gasteiger partial charge in [-0.25, -0.2) is 0 Å². The lowest BCUT2D eigenvalue weighted by atomic mass is 10.1. The average molecular weight is 348 g/mol. The van der Waals surface area contributed by atoms with Crippen LogP contribution in [0.25, 0.3) is 0 Å². The van der Waals surface area contributed by atoms with Crippen molar-refractivity contribution >= 4 is 17.5 Å². The topological polar surface area (TPSA) is 38.8 Å². The van der Waals surface area contributed by atoms with Gasteiger partial charge in [-0.3, -0.25) is 4.79 Å². The minimum absolute atomic E-state index is 0.0839. The number of ether oxygens (including phenoxy) is 2. The van der Waals surface area contributed by atoms with Gasteiger partial charge >= 0.3 is 0 Å². The highest BCUT2D eigenvalue weighted by atomic mass is 35.5. The summed E-state index contributed by atoms with van der Waals surface area (Å²) in [7, 11) is 3.43. The van der Waals surface area contributed by atoms with Gasteiger partial charge in [0.15, 0.2) is 0 Å². The number of amides is 1. The molecule has 128 valence electrons. The SMILES string of the molecule is COc1ccccc1CCC(=O)N(C)CCOc1ccc(Cl)cc1. The van der Waals surface area contributed by atoms with E-state index in [9.17, 15) is 4.79 Å². The molecule has 0 bridgehead atoms. The van der Waals surface area contributed by atoms with Gasteiger partial charge < -0.3 is 14.4 Å². The molecule has 4 nitrogen and oxygen atoms in total. The first-order valence-corrected chi connectivity index (χ1v) is 8.22. The smallest absolute Gasteiger partial charge is 0.222 e. The minimum Gasteiger partial charge on any atom is -0.496 e. The molecule has 0 radical (unpaired) electrons. The number of aryl methyl sites for hydroxylation is 1. The van der Waals surface area contributed by atoms with Crippen LogP contribution in [0.4, 0.5) is 0 Å². The van der Waals surface area contributed by atoms with Crippen LogP contribution in [0.1, 0.15) is 12.0 Å². The number of halogens is 1. The highest BCUT2D eigenvalue weighted by Crippen LogP contribution is 2.19. The number of carbonyl (C=O) groups is 1. The van der Waals surface area contributed by atoms with Crippen LogP contribution in [0.3, 0.4) is 0 Å². The number of hydrogen-bond donors (Lipinski definition) is 0. The molecule has 2 aromatic carbocycles. The van der Waals surface area contributed by atoms with Crippen molar-refractivity contribution in [3.63, 3.8) is 0 Å². The fourth-order valence-electron chi connectivity index (χ4n) is 2.30. The van der Waals surface area contributed by atoms with Crippen molar-refractivity contribution in [2.45, 2.75) is 12.8 Å². The number of likely N-dealkylation sites (N-methyl/N-ethyl adjacent to an activating group) is 1. The molecule has 5 heteroatoms. The molecule has 0 fully saturated rings. The van der Waals surface area contributed by atoms with E-state index in [0.717, 1.165) is 17.1 Å². The van der Waals surface area contributed by atoms with Crippen LogP contribution in [0, 0.1) is 0 Å². The zero-order valence-electron chi connectivity index (χ0n) is 14.0. The molecule has 0 saturated heterocycles. The number of methoxy groups -OCH3 is 1. The van der Waals surface area contributed by atoms with Crippen molar-refractivity contribution in [1.29, 1.82) is 0 Å². The molecule has 1 amide bonds. The van der Waals surface area contributed by atoms with Crippen LogP contribution >= 0.6 is 11.6 Å². The van der Waals surface area contributed by atoms with Crippen LogP contribution in [0.2, 0.25) is 5.02 Å². The van der Waals surface area contributed by atoms with Gasteiger partial charge in [0, 0.05) is 18.5 Å². The van der Waals surface area contributed by atoms with Gasteiger partial charge in [-0.15, -0.1) is 0 Å². The maximum absolute atomic E-state index is 12.2. The van der Waals surface area contributed by atoms with Crippen molar-refractivity contribution < 1.29 is 14.3 Å². The molecule has 0 unspecified atom stereocenters. The highest BCUT2D eigenvalue weighted by Gasteiger charge is 2.10. The van der Waals surface area contributed by atoms with Crippen LogP contribution < -0.4 is 9.47 Å². The normalized spacial score (nSPS) is 10.3. The van der Waals surface area contributed by atoms with E-state index in [-0.39, 0.29) is 5.91 Å². The molecule has 0 atom stereocenters. The first-order chi connectivity index (χ1) is 11.6. The quantitative estimate of drug-likeness (QED) is 0.728. The molecule has 0 aliphatic rings. The standard InChI is InChI=1S/C19H22ClNO3/c1-21(13-14-24-17-10-8-16(20)9-11-17)19(22)12-7-15-5-3-4-6-18(15)23-2/h3-6,8-11H,7,12-14H2,1-2H3. The Bertz CT molecular complexity index is 658. The number of nitrogens with zero attached hydrogens (tertiary/aromatic N) is 1. The minimum atomic E-state index is 0.0839. The molecule has 0 aliphatic carbocycles. The molecule has 0 aromatic heterocycles.